The molecule has 94 valence electrons. The van der Waals surface area contributed by atoms with Gasteiger partial charge in [0.1, 0.15) is 0 Å². The molecule has 0 fully saturated rings. The molecule has 0 bridgehead atoms. The second kappa shape index (κ2) is 5.64. The SMILES string of the molecule is CNc1ccc(C(=O)N(C)Cc2cscn2)cc1. The molecule has 0 unspecified atom stereocenters. The van der Waals surface area contributed by atoms with Crippen LogP contribution in [0.25, 0.3) is 0 Å². The minimum absolute atomic E-state index is 0.00523. The van der Waals surface area contributed by atoms with Gasteiger partial charge in [-0.2, -0.15) is 0 Å². The molecule has 2 rings (SSSR count). The van der Waals surface area contributed by atoms with Crippen LogP contribution in [0.5, 0.6) is 0 Å². The van der Waals surface area contributed by atoms with Crippen molar-refractivity contribution in [2.75, 3.05) is 19.4 Å². The number of hydrogen-bond donors (Lipinski definition) is 1. The van der Waals surface area contributed by atoms with Crippen LogP contribution in [-0.2, 0) is 6.54 Å². The third kappa shape index (κ3) is 2.87. The van der Waals surface area contributed by atoms with Crippen molar-refractivity contribution in [1.82, 2.24) is 9.88 Å². The van der Waals surface area contributed by atoms with Crippen molar-refractivity contribution in [2.24, 2.45) is 0 Å². The lowest BCUT2D eigenvalue weighted by atomic mass is 10.2. The van der Waals surface area contributed by atoms with Crippen molar-refractivity contribution in [3.8, 4) is 0 Å². The quantitative estimate of drug-likeness (QED) is 0.919. The molecule has 0 aliphatic heterocycles. The summed E-state index contributed by atoms with van der Waals surface area (Å²) in [5, 5.41) is 4.98. The van der Waals surface area contributed by atoms with Gasteiger partial charge in [-0.3, -0.25) is 4.79 Å². The maximum absolute atomic E-state index is 12.2. The summed E-state index contributed by atoms with van der Waals surface area (Å²) in [4.78, 5) is 18.0. The number of anilines is 1. The van der Waals surface area contributed by atoms with Gasteiger partial charge in [-0.25, -0.2) is 4.98 Å². The summed E-state index contributed by atoms with van der Waals surface area (Å²) in [6.45, 7) is 0.538. The van der Waals surface area contributed by atoms with E-state index < -0.39 is 0 Å². The molecule has 1 aromatic carbocycles. The van der Waals surface area contributed by atoms with Gasteiger partial charge in [-0.15, -0.1) is 11.3 Å². The Balaban J connectivity index is 2.05. The monoisotopic (exact) mass is 261 g/mol. The minimum Gasteiger partial charge on any atom is -0.388 e. The number of hydrogen-bond acceptors (Lipinski definition) is 4. The van der Waals surface area contributed by atoms with Crippen LogP contribution < -0.4 is 5.32 Å². The van der Waals surface area contributed by atoms with Crippen LogP contribution in [0.15, 0.2) is 35.2 Å². The predicted molar refractivity (Wildman–Crippen MR) is 73.9 cm³/mol. The molecule has 18 heavy (non-hydrogen) atoms. The molecule has 0 spiro atoms. The van der Waals surface area contributed by atoms with Gasteiger partial charge < -0.3 is 10.2 Å². The number of benzene rings is 1. The highest BCUT2D eigenvalue weighted by Gasteiger charge is 2.12. The van der Waals surface area contributed by atoms with Gasteiger partial charge in [0.25, 0.3) is 5.91 Å². The van der Waals surface area contributed by atoms with Crippen molar-refractivity contribution >= 4 is 22.9 Å². The van der Waals surface area contributed by atoms with Crippen LogP contribution in [0.1, 0.15) is 16.1 Å². The number of rotatable bonds is 4. The van der Waals surface area contributed by atoms with E-state index in [1.54, 1.807) is 17.5 Å². The average molecular weight is 261 g/mol. The zero-order valence-corrected chi connectivity index (χ0v) is 11.2. The lowest BCUT2D eigenvalue weighted by Gasteiger charge is -2.16. The Morgan fingerprint density at radius 1 is 1.39 bits per heavy atom. The van der Waals surface area contributed by atoms with E-state index in [0.717, 1.165) is 11.4 Å². The Morgan fingerprint density at radius 2 is 2.11 bits per heavy atom. The molecular weight excluding hydrogens is 246 g/mol. The van der Waals surface area contributed by atoms with Crippen LogP contribution in [-0.4, -0.2) is 29.9 Å². The third-order valence-corrected chi connectivity index (χ3v) is 3.29. The maximum Gasteiger partial charge on any atom is 0.253 e. The first kappa shape index (κ1) is 12.6. The molecular formula is C13H15N3OS. The fourth-order valence-corrected chi connectivity index (χ4v) is 2.18. The second-order valence-electron chi connectivity index (χ2n) is 3.97. The van der Waals surface area contributed by atoms with Gasteiger partial charge in [0.05, 0.1) is 17.7 Å². The molecule has 1 aromatic heterocycles. The molecule has 0 aliphatic rings. The van der Waals surface area contributed by atoms with Gasteiger partial charge in [0.15, 0.2) is 0 Å². The zero-order chi connectivity index (χ0) is 13.0. The summed E-state index contributed by atoms with van der Waals surface area (Å²) in [5.74, 6) is 0.00523. The van der Waals surface area contributed by atoms with Crippen LogP contribution in [0.3, 0.4) is 0 Å². The fraction of sp³-hybridized carbons (Fsp3) is 0.231. The van der Waals surface area contributed by atoms with E-state index in [2.05, 4.69) is 10.3 Å². The first-order valence-electron chi connectivity index (χ1n) is 5.61. The normalized spacial score (nSPS) is 10.1. The number of amides is 1. The van der Waals surface area contributed by atoms with Gasteiger partial charge in [-0.1, -0.05) is 0 Å². The number of nitrogens with one attached hydrogen (secondary N) is 1. The van der Waals surface area contributed by atoms with Crippen molar-refractivity contribution < 1.29 is 4.79 Å². The predicted octanol–water partition coefficient (Wildman–Crippen LogP) is 2.46. The molecule has 0 saturated carbocycles. The Hall–Kier alpha value is -1.88. The molecule has 0 saturated heterocycles. The Bertz CT molecular complexity index is 508. The van der Waals surface area contributed by atoms with E-state index in [9.17, 15) is 4.79 Å². The first-order chi connectivity index (χ1) is 8.70. The molecule has 0 radical (unpaired) electrons. The fourth-order valence-electron chi connectivity index (χ4n) is 1.63. The van der Waals surface area contributed by atoms with Crippen LogP contribution in [0.2, 0.25) is 0 Å². The first-order valence-corrected chi connectivity index (χ1v) is 6.55. The zero-order valence-electron chi connectivity index (χ0n) is 10.4. The highest BCUT2D eigenvalue weighted by molar-refractivity contribution is 7.07. The van der Waals surface area contributed by atoms with Gasteiger partial charge in [0, 0.05) is 30.7 Å². The maximum atomic E-state index is 12.2. The van der Waals surface area contributed by atoms with E-state index in [-0.39, 0.29) is 5.91 Å². The largest absolute Gasteiger partial charge is 0.388 e. The van der Waals surface area contributed by atoms with Crippen molar-refractivity contribution in [3.05, 3.63) is 46.4 Å². The second-order valence-corrected chi connectivity index (χ2v) is 4.69. The molecule has 0 atom stereocenters. The molecule has 4 nitrogen and oxygen atoms in total. The topological polar surface area (TPSA) is 45.2 Å². The standard InChI is InChI=1S/C13H15N3OS/c1-14-11-5-3-10(4-6-11)13(17)16(2)7-12-8-18-9-15-12/h3-6,8-9,14H,7H2,1-2H3. The molecule has 1 heterocycles. The summed E-state index contributed by atoms with van der Waals surface area (Å²) < 4.78 is 0. The van der Waals surface area contributed by atoms with Crippen molar-refractivity contribution in [1.29, 1.82) is 0 Å². The number of carbonyl (C=O) groups is 1. The smallest absolute Gasteiger partial charge is 0.253 e. The number of nitrogens with zero attached hydrogens (tertiary/aromatic N) is 2. The summed E-state index contributed by atoms with van der Waals surface area (Å²) in [7, 11) is 3.64. The number of aromatic nitrogens is 1. The highest BCUT2D eigenvalue weighted by Crippen LogP contribution is 2.12. The van der Waals surface area contributed by atoms with E-state index in [1.807, 2.05) is 36.7 Å². The number of thiazole rings is 1. The summed E-state index contributed by atoms with van der Waals surface area (Å²) in [6.07, 6.45) is 0. The van der Waals surface area contributed by atoms with Gasteiger partial charge in [0.2, 0.25) is 0 Å². The van der Waals surface area contributed by atoms with Crippen molar-refractivity contribution in [3.63, 3.8) is 0 Å². The van der Waals surface area contributed by atoms with Crippen LogP contribution >= 0.6 is 11.3 Å². The van der Waals surface area contributed by atoms with Crippen LogP contribution in [0.4, 0.5) is 5.69 Å². The molecule has 1 amide bonds. The van der Waals surface area contributed by atoms with E-state index in [1.165, 1.54) is 11.3 Å². The number of carbonyl (C=O) groups excluding carboxylic acids is 1. The third-order valence-electron chi connectivity index (χ3n) is 2.65. The molecule has 0 aliphatic carbocycles. The highest BCUT2D eigenvalue weighted by atomic mass is 32.1. The average Bonchev–Trinajstić information content (AvgIpc) is 2.91. The summed E-state index contributed by atoms with van der Waals surface area (Å²) in [5.41, 5.74) is 4.37. The molecule has 5 heteroatoms. The van der Waals surface area contributed by atoms with E-state index in [4.69, 9.17) is 0 Å². The van der Waals surface area contributed by atoms with E-state index in [0.29, 0.717) is 12.1 Å². The Kier molecular flexibility index (Phi) is 3.94. The Morgan fingerprint density at radius 3 is 2.67 bits per heavy atom. The van der Waals surface area contributed by atoms with E-state index >= 15 is 0 Å². The van der Waals surface area contributed by atoms with Gasteiger partial charge in [-0.05, 0) is 24.3 Å². The van der Waals surface area contributed by atoms with Crippen LogP contribution in [0, 0.1) is 0 Å². The molecule has 1 N–H and O–H groups in total. The lowest BCUT2D eigenvalue weighted by Crippen LogP contribution is -2.26. The molecule has 2 aromatic rings. The summed E-state index contributed by atoms with van der Waals surface area (Å²) >= 11 is 1.54. The lowest BCUT2D eigenvalue weighted by molar-refractivity contribution is 0.0783. The minimum atomic E-state index is 0.00523. The summed E-state index contributed by atoms with van der Waals surface area (Å²) in [6, 6.07) is 7.44. The van der Waals surface area contributed by atoms with Crippen molar-refractivity contribution in [2.45, 2.75) is 6.54 Å². The van der Waals surface area contributed by atoms with Gasteiger partial charge >= 0.3 is 0 Å². The Labute approximate surface area is 110 Å².